The Morgan fingerprint density at radius 2 is 1.75 bits per heavy atom. The highest BCUT2D eigenvalue weighted by atomic mass is 35.5. The average Bonchev–Trinajstić information content (AvgIpc) is 2.47. The number of carbonyl (C=O) groups is 2. The molecular weight excluding hydrogens is 276 g/mol. The topological polar surface area (TPSA) is 59.1 Å². The van der Waals surface area contributed by atoms with E-state index < -0.39 is 0 Å². The number of halogens is 1. The molecule has 0 saturated carbocycles. The first kappa shape index (κ1) is 12.6. The van der Waals surface area contributed by atoms with Gasteiger partial charge in [-0.15, -0.1) is 0 Å². The minimum absolute atomic E-state index is 0.210. The lowest BCUT2D eigenvalue weighted by atomic mass is 9.94. The summed E-state index contributed by atoms with van der Waals surface area (Å²) in [6.45, 7) is 0. The molecule has 98 valence electrons. The van der Waals surface area contributed by atoms with Crippen molar-refractivity contribution in [2.24, 2.45) is 0 Å². The van der Waals surface area contributed by atoms with Gasteiger partial charge in [0.2, 0.25) is 5.78 Å². The maximum atomic E-state index is 12.3. The molecule has 20 heavy (non-hydrogen) atoms. The number of rotatable bonds is 2. The van der Waals surface area contributed by atoms with E-state index in [9.17, 15) is 9.59 Å². The number of fused-ring (bicyclic) bond motifs is 1. The molecule has 1 aromatic carbocycles. The Bertz CT molecular complexity index is 736. The molecule has 0 saturated heterocycles. The number of nitrogens with one attached hydrogen (secondary N) is 1. The largest absolute Gasteiger partial charge is 0.352 e. The molecule has 1 N–H and O–H groups in total. The van der Waals surface area contributed by atoms with Crippen molar-refractivity contribution in [2.45, 2.75) is 0 Å². The highest BCUT2D eigenvalue weighted by Crippen LogP contribution is 2.22. The summed E-state index contributed by atoms with van der Waals surface area (Å²) in [6.07, 6.45) is 4.21. The molecule has 0 radical (unpaired) electrons. The number of ketones is 2. The van der Waals surface area contributed by atoms with Crippen LogP contribution >= 0.6 is 11.6 Å². The molecule has 0 spiro atoms. The van der Waals surface area contributed by atoms with Crippen LogP contribution in [0.15, 0.2) is 54.5 Å². The van der Waals surface area contributed by atoms with Crippen LogP contribution in [0.4, 0.5) is 5.69 Å². The van der Waals surface area contributed by atoms with E-state index in [1.807, 2.05) is 0 Å². The highest BCUT2D eigenvalue weighted by Gasteiger charge is 2.25. The van der Waals surface area contributed by atoms with Crippen molar-refractivity contribution in [3.63, 3.8) is 0 Å². The summed E-state index contributed by atoms with van der Waals surface area (Å²) in [4.78, 5) is 28.1. The minimum atomic E-state index is -0.248. The van der Waals surface area contributed by atoms with Gasteiger partial charge in [0.15, 0.2) is 5.78 Å². The first-order valence-corrected chi connectivity index (χ1v) is 6.30. The number of Topliss-reactive ketones (excluding diaryl/α,β-unsaturated/α-hetero) is 1. The second kappa shape index (κ2) is 4.90. The molecular formula is C15H9ClN2O2. The number of carbonyl (C=O) groups excluding carboxylic acids is 2. The zero-order valence-corrected chi connectivity index (χ0v) is 11.0. The quantitative estimate of drug-likeness (QED) is 0.920. The number of nitrogens with zero attached hydrogens (tertiary/aromatic N) is 1. The highest BCUT2D eigenvalue weighted by molar-refractivity contribution is 6.30. The predicted molar refractivity (Wildman–Crippen MR) is 76.1 cm³/mol. The van der Waals surface area contributed by atoms with Gasteiger partial charge in [-0.05, 0) is 30.3 Å². The zero-order valence-electron chi connectivity index (χ0n) is 10.3. The van der Waals surface area contributed by atoms with E-state index in [1.165, 1.54) is 18.5 Å². The molecule has 1 heterocycles. The van der Waals surface area contributed by atoms with Gasteiger partial charge in [0.25, 0.3) is 0 Å². The van der Waals surface area contributed by atoms with E-state index in [0.29, 0.717) is 21.8 Å². The Morgan fingerprint density at radius 3 is 2.50 bits per heavy atom. The Labute approximate surface area is 120 Å². The van der Waals surface area contributed by atoms with Crippen molar-refractivity contribution in [1.82, 2.24) is 4.98 Å². The fraction of sp³-hybridized carbons (Fsp3) is 0. The number of pyridine rings is 1. The normalized spacial score (nSPS) is 13.8. The Kier molecular flexibility index (Phi) is 3.08. The van der Waals surface area contributed by atoms with Crippen LogP contribution in [0.3, 0.4) is 0 Å². The van der Waals surface area contributed by atoms with Gasteiger partial charge < -0.3 is 5.32 Å². The first-order chi connectivity index (χ1) is 9.65. The maximum Gasteiger partial charge on any atom is 0.211 e. The molecule has 3 rings (SSSR count). The zero-order chi connectivity index (χ0) is 14.1. The van der Waals surface area contributed by atoms with Crippen molar-refractivity contribution in [2.75, 3.05) is 5.32 Å². The molecule has 0 unspecified atom stereocenters. The van der Waals surface area contributed by atoms with Crippen LogP contribution in [0.5, 0.6) is 0 Å². The number of allylic oxidation sites excluding steroid dienone is 2. The molecule has 0 bridgehead atoms. The Hall–Kier alpha value is -2.46. The fourth-order valence-corrected chi connectivity index (χ4v) is 2.12. The second-order valence-corrected chi connectivity index (χ2v) is 4.74. The second-order valence-electron chi connectivity index (χ2n) is 4.30. The lowest BCUT2D eigenvalue weighted by molar-refractivity contribution is 0.0985. The molecule has 1 aliphatic rings. The van der Waals surface area contributed by atoms with Gasteiger partial charge in [0.1, 0.15) is 0 Å². The molecule has 0 atom stereocenters. The standard InChI is InChI=1S/C15H9ClN2O2/c16-9-1-3-10(4-2-9)18-13-7-14(19)11-5-6-17-8-12(11)15(13)20/h1-8,18H. The first-order valence-electron chi connectivity index (χ1n) is 5.92. The fourth-order valence-electron chi connectivity index (χ4n) is 1.99. The molecule has 0 aliphatic heterocycles. The molecule has 4 nitrogen and oxygen atoms in total. The molecule has 0 amide bonds. The van der Waals surface area contributed by atoms with Gasteiger partial charge in [0, 0.05) is 34.7 Å². The van der Waals surface area contributed by atoms with Crippen molar-refractivity contribution in [3.05, 3.63) is 70.6 Å². The van der Waals surface area contributed by atoms with E-state index in [1.54, 1.807) is 30.3 Å². The van der Waals surface area contributed by atoms with Gasteiger partial charge in [-0.3, -0.25) is 14.6 Å². The number of benzene rings is 1. The van der Waals surface area contributed by atoms with Gasteiger partial charge >= 0.3 is 0 Å². The summed E-state index contributed by atoms with van der Waals surface area (Å²) < 4.78 is 0. The molecule has 1 aromatic heterocycles. The molecule has 5 heteroatoms. The van der Waals surface area contributed by atoms with Crippen LogP contribution in [-0.4, -0.2) is 16.6 Å². The number of hydrogen-bond donors (Lipinski definition) is 1. The van der Waals surface area contributed by atoms with Gasteiger partial charge in [-0.2, -0.15) is 0 Å². The number of hydrogen-bond acceptors (Lipinski definition) is 4. The molecule has 2 aromatic rings. The van der Waals surface area contributed by atoms with Crippen LogP contribution in [0.2, 0.25) is 5.02 Å². The van der Waals surface area contributed by atoms with E-state index >= 15 is 0 Å². The molecule has 1 aliphatic carbocycles. The lowest BCUT2D eigenvalue weighted by Crippen LogP contribution is -2.21. The monoisotopic (exact) mass is 284 g/mol. The van der Waals surface area contributed by atoms with E-state index in [0.717, 1.165) is 0 Å². The Morgan fingerprint density at radius 1 is 1.00 bits per heavy atom. The number of anilines is 1. The third-order valence-electron chi connectivity index (χ3n) is 2.97. The third kappa shape index (κ3) is 2.21. The summed E-state index contributed by atoms with van der Waals surface area (Å²) in [6, 6.07) is 8.43. The summed E-state index contributed by atoms with van der Waals surface area (Å²) in [5, 5.41) is 3.54. The van der Waals surface area contributed by atoms with Crippen molar-refractivity contribution in [3.8, 4) is 0 Å². The van der Waals surface area contributed by atoms with E-state index in [2.05, 4.69) is 10.3 Å². The van der Waals surface area contributed by atoms with Crippen LogP contribution in [-0.2, 0) is 0 Å². The third-order valence-corrected chi connectivity index (χ3v) is 3.23. The van der Waals surface area contributed by atoms with Gasteiger partial charge in [0.05, 0.1) is 11.3 Å². The van der Waals surface area contributed by atoms with Crippen LogP contribution in [0.1, 0.15) is 20.7 Å². The lowest BCUT2D eigenvalue weighted by Gasteiger charge is -2.16. The Balaban J connectivity index is 1.94. The van der Waals surface area contributed by atoms with Crippen molar-refractivity contribution >= 4 is 28.9 Å². The van der Waals surface area contributed by atoms with Crippen molar-refractivity contribution < 1.29 is 9.59 Å². The van der Waals surface area contributed by atoms with Crippen LogP contribution in [0.25, 0.3) is 0 Å². The van der Waals surface area contributed by atoms with Gasteiger partial charge in [-0.25, -0.2) is 0 Å². The van der Waals surface area contributed by atoms with E-state index in [4.69, 9.17) is 11.6 Å². The van der Waals surface area contributed by atoms with Crippen LogP contribution < -0.4 is 5.32 Å². The summed E-state index contributed by atoms with van der Waals surface area (Å²) >= 11 is 5.80. The molecule has 0 fully saturated rings. The van der Waals surface area contributed by atoms with Crippen LogP contribution in [0, 0.1) is 0 Å². The average molecular weight is 285 g/mol. The SMILES string of the molecule is O=C1C=C(Nc2ccc(Cl)cc2)C(=O)c2cnccc21. The smallest absolute Gasteiger partial charge is 0.211 e. The predicted octanol–water partition coefficient (Wildman–Crippen LogP) is 3.11. The maximum absolute atomic E-state index is 12.3. The summed E-state index contributed by atoms with van der Waals surface area (Å²) in [7, 11) is 0. The van der Waals surface area contributed by atoms with Gasteiger partial charge in [-0.1, -0.05) is 11.6 Å². The summed E-state index contributed by atoms with van der Waals surface area (Å²) in [5.41, 5.74) is 1.62. The summed E-state index contributed by atoms with van der Waals surface area (Å²) in [5.74, 6) is -0.457. The van der Waals surface area contributed by atoms with Crippen molar-refractivity contribution in [1.29, 1.82) is 0 Å². The number of aromatic nitrogens is 1. The minimum Gasteiger partial charge on any atom is -0.352 e. The van der Waals surface area contributed by atoms with E-state index in [-0.39, 0.29) is 17.3 Å².